The molecule has 0 aliphatic heterocycles. The fourth-order valence-corrected chi connectivity index (χ4v) is 1.81. The number of rotatable bonds is 4. The molecule has 0 bridgehead atoms. The zero-order valence-electron chi connectivity index (χ0n) is 10.7. The van der Waals surface area contributed by atoms with Crippen molar-refractivity contribution >= 4 is 11.6 Å². The van der Waals surface area contributed by atoms with Crippen molar-refractivity contribution in [3.63, 3.8) is 0 Å². The maximum atomic E-state index is 11.8. The van der Waals surface area contributed by atoms with Crippen LogP contribution in [0.3, 0.4) is 0 Å². The van der Waals surface area contributed by atoms with Crippen molar-refractivity contribution in [2.24, 2.45) is 0 Å². The number of nitriles is 2. The number of benzene rings is 1. The van der Waals surface area contributed by atoms with E-state index in [0.29, 0.717) is 22.9 Å². The summed E-state index contributed by atoms with van der Waals surface area (Å²) < 4.78 is 0. The average molecular weight is 254 g/mol. The van der Waals surface area contributed by atoms with E-state index >= 15 is 0 Å². The number of nitrogens with one attached hydrogen (secondary N) is 1. The van der Waals surface area contributed by atoms with Gasteiger partial charge >= 0.3 is 0 Å². The van der Waals surface area contributed by atoms with Crippen molar-refractivity contribution in [3.8, 4) is 12.1 Å². The monoisotopic (exact) mass is 254 g/mol. The van der Waals surface area contributed by atoms with Gasteiger partial charge in [0, 0.05) is 18.8 Å². The third kappa shape index (κ3) is 3.02. The highest BCUT2D eigenvalue weighted by Crippen LogP contribution is 2.25. The van der Waals surface area contributed by atoms with Crippen LogP contribution < -0.4 is 5.32 Å². The molecule has 96 valence electrons. The summed E-state index contributed by atoms with van der Waals surface area (Å²) in [6.07, 6.45) is 2.16. The van der Waals surface area contributed by atoms with Gasteiger partial charge in [0.15, 0.2) is 0 Å². The Bertz CT molecular complexity index is 578. The number of carbonyl (C=O) groups excluding carboxylic acids is 1. The van der Waals surface area contributed by atoms with Gasteiger partial charge in [0.1, 0.15) is 12.1 Å². The average Bonchev–Trinajstić information content (AvgIpc) is 3.28. The number of anilines is 1. The number of amides is 1. The molecule has 2 rings (SSSR count). The Kier molecular flexibility index (Phi) is 3.68. The van der Waals surface area contributed by atoms with Crippen molar-refractivity contribution in [1.29, 1.82) is 10.5 Å². The molecule has 0 unspecified atom stereocenters. The quantitative estimate of drug-likeness (QED) is 0.882. The van der Waals surface area contributed by atoms with Gasteiger partial charge < -0.3 is 10.2 Å². The van der Waals surface area contributed by atoms with E-state index in [9.17, 15) is 4.79 Å². The van der Waals surface area contributed by atoms with E-state index in [2.05, 4.69) is 5.32 Å². The van der Waals surface area contributed by atoms with E-state index in [1.54, 1.807) is 30.1 Å². The van der Waals surface area contributed by atoms with Crippen LogP contribution in [0.15, 0.2) is 18.2 Å². The Labute approximate surface area is 112 Å². The number of hydrogen-bond donors (Lipinski definition) is 1. The van der Waals surface area contributed by atoms with Gasteiger partial charge in [-0.1, -0.05) is 0 Å². The van der Waals surface area contributed by atoms with Gasteiger partial charge in [0.2, 0.25) is 5.91 Å². The highest BCUT2D eigenvalue weighted by molar-refractivity contribution is 5.81. The smallest absolute Gasteiger partial charge is 0.241 e. The summed E-state index contributed by atoms with van der Waals surface area (Å²) in [4.78, 5) is 13.6. The van der Waals surface area contributed by atoms with Crippen LogP contribution in [-0.2, 0) is 4.79 Å². The summed E-state index contributed by atoms with van der Waals surface area (Å²) in [5.41, 5.74) is 1.33. The number of likely N-dealkylation sites (N-methyl/N-ethyl adjacent to an activating group) is 1. The Hall–Kier alpha value is -2.53. The number of nitrogens with zero attached hydrogens (tertiary/aromatic N) is 3. The van der Waals surface area contributed by atoms with Crippen LogP contribution in [-0.4, -0.2) is 30.4 Å². The molecule has 0 spiro atoms. The molecule has 0 radical (unpaired) electrons. The first-order valence-electron chi connectivity index (χ1n) is 6.09. The van der Waals surface area contributed by atoms with Crippen molar-refractivity contribution < 1.29 is 4.79 Å². The molecule has 0 saturated heterocycles. The lowest BCUT2D eigenvalue weighted by molar-refractivity contribution is -0.128. The van der Waals surface area contributed by atoms with Crippen LogP contribution in [0.25, 0.3) is 0 Å². The van der Waals surface area contributed by atoms with Crippen LogP contribution in [0.1, 0.15) is 24.0 Å². The van der Waals surface area contributed by atoms with Crippen LogP contribution in [0.4, 0.5) is 5.69 Å². The topological polar surface area (TPSA) is 79.9 Å². The maximum absolute atomic E-state index is 11.8. The predicted octanol–water partition coefficient (Wildman–Crippen LogP) is 1.46. The number of carbonyl (C=O) groups is 1. The van der Waals surface area contributed by atoms with Gasteiger partial charge in [-0.05, 0) is 31.0 Å². The van der Waals surface area contributed by atoms with Crippen molar-refractivity contribution in [3.05, 3.63) is 29.3 Å². The van der Waals surface area contributed by atoms with Crippen molar-refractivity contribution in [2.45, 2.75) is 18.9 Å². The molecular weight excluding hydrogens is 240 g/mol. The minimum absolute atomic E-state index is 0.0327. The molecule has 0 heterocycles. The van der Waals surface area contributed by atoms with Gasteiger partial charge in [-0.15, -0.1) is 0 Å². The molecule has 1 aromatic carbocycles. The van der Waals surface area contributed by atoms with E-state index < -0.39 is 0 Å². The molecule has 1 fully saturated rings. The third-order valence-electron chi connectivity index (χ3n) is 3.19. The molecule has 5 nitrogen and oxygen atoms in total. The summed E-state index contributed by atoms with van der Waals surface area (Å²) in [5.74, 6) is 0.0327. The zero-order valence-corrected chi connectivity index (χ0v) is 10.7. The molecule has 1 amide bonds. The highest BCUT2D eigenvalue weighted by atomic mass is 16.2. The molecule has 1 saturated carbocycles. The lowest BCUT2D eigenvalue weighted by Gasteiger charge is -2.17. The molecule has 5 heteroatoms. The first-order valence-corrected chi connectivity index (χ1v) is 6.09. The standard InChI is InChI=1S/C14H14N4O/c1-18(13-4-5-13)14(19)9-17-12-3-2-10(7-15)11(6-12)8-16/h2-3,6,13,17H,4-5,9H2,1H3. The van der Waals surface area contributed by atoms with Crippen LogP contribution >= 0.6 is 0 Å². The van der Waals surface area contributed by atoms with E-state index in [1.807, 2.05) is 12.1 Å². The van der Waals surface area contributed by atoms with E-state index in [4.69, 9.17) is 10.5 Å². The molecule has 19 heavy (non-hydrogen) atoms. The normalized spacial score (nSPS) is 13.2. The lowest BCUT2D eigenvalue weighted by Crippen LogP contribution is -2.33. The summed E-state index contributed by atoms with van der Waals surface area (Å²) in [6.45, 7) is 0.198. The van der Waals surface area contributed by atoms with Crippen molar-refractivity contribution in [1.82, 2.24) is 4.90 Å². The molecule has 1 aliphatic rings. The summed E-state index contributed by atoms with van der Waals surface area (Å²) in [6, 6.07) is 9.18. The lowest BCUT2D eigenvalue weighted by atomic mass is 10.1. The Morgan fingerprint density at radius 1 is 1.37 bits per heavy atom. The molecule has 1 aromatic rings. The minimum atomic E-state index is 0.0327. The van der Waals surface area contributed by atoms with Gasteiger partial charge in [-0.25, -0.2) is 0 Å². The van der Waals surface area contributed by atoms with Gasteiger partial charge in [-0.2, -0.15) is 10.5 Å². The van der Waals surface area contributed by atoms with Crippen LogP contribution in [0.5, 0.6) is 0 Å². The predicted molar refractivity (Wildman–Crippen MR) is 70.2 cm³/mol. The summed E-state index contributed by atoms with van der Waals surface area (Å²) in [7, 11) is 1.81. The van der Waals surface area contributed by atoms with E-state index in [-0.39, 0.29) is 12.5 Å². The molecule has 0 aromatic heterocycles. The maximum Gasteiger partial charge on any atom is 0.241 e. The Balaban J connectivity index is 1.98. The van der Waals surface area contributed by atoms with Crippen molar-refractivity contribution in [2.75, 3.05) is 18.9 Å². The second kappa shape index (κ2) is 5.41. The van der Waals surface area contributed by atoms with Crippen LogP contribution in [0, 0.1) is 22.7 Å². The fraction of sp³-hybridized carbons (Fsp3) is 0.357. The summed E-state index contributed by atoms with van der Waals surface area (Å²) >= 11 is 0. The van der Waals surface area contributed by atoms with E-state index in [1.165, 1.54) is 0 Å². The highest BCUT2D eigenvalue weighted by Gasteiger charge is 2.29. The van der Waals surface area contributed by atoms with Gasteiger partial charge in [0.05, 0.1) is 17.7 Å². The molecular formula is C14H14N4O. The van der Waals surface area contributed by atoms with Crippen LogP contribution in [0.2, 0.25) is 0 Å². The van der Waals surface area contributed by atoms with Gasteiger partial charge in [0.25, 0.3) is 0 Å². The molecule has 1 aliphatic carbocycles. The largest absolute Gasteiger partial charge is 0.376 e. The fourth-order valence-electron chi connectivity index (χ4n) is 1.81. The Morgan fingerprint density at radius 2 is 2.05 bits per heavy atom. The minimum Gasteiger partial charge on any atom is -0.376 e. The zero-order chi connectivity index (χ0) is 13.8. The summed E-state index contributed by atoms with van der Waals surface area (Å²) in [5, 5.41) is 20.7. The number of hydrogen-bond acceptors (Lipinski definition) is 4. The first-order chi connectivity index (χ1) is 9.15. The van der Waals surface area contributed by atoms with E-state index in [0.717, 1.165) is 12.8 Å². The second-order valence-electron chi connectivity index (χ2n) is 4.57. The third-order valence-corrected chi connectivity index (χ3v) is 3.19. The second-order valence-corrected chi connectivity index (χ2v) is 4.57. The van der Waals surface area contributed by atoms with Gasteiger partial charge in [-0.3, -0.25) is 4.79 Å². The molecule has 1 N–H and O–H groups in total. The SMILES string of the molecule is CN(C(=O)CNc1ccc(C#N)c(C#N)c1)C1CC1. The molecule has 0 atom stereocenters. The first kappa shape index (κ1) is 12.9. The Morgan fingerprint density at radius 3 is 2.63 bits per heavy atom.